The molecule has 0 bridgehead atoms. The maximum Gasteiger partial charge on any atom is 0.410 e. The van der Waals surface area contributed by atoms with Gasteiger partial charge in [0.1, 0.15) is 0 Å². The fourth-order valence-corrected chi connectivity index (χ4v) is 2.54. The molecule has 110 valence electrons. The Labute approximate surface area is 117 Å². The zero-order valence-corrected chi connectivity index (χ0v) is 11.8. The van der Waals surface area contributed by atoms with Crippen molar-refractivity contribution in [2.24, 2.45) is 0 Å². The summed E-state index contributed by atoms with van der Waals surface area (Å²) in [5.41, 5.74) is 0.790. The second kappa shape index (κ2) is 6.00. The normalized spacial score (nSPS) is 21.7. The number of carbonyl (C=O) groups is 1. The van der Waals surface area contributed by atoms with Crippen LogP contribution in [-0.2, 0) is 4.74 Å². The van der Waals surface area contributed by atoms with E-state index in [0.29, 0.717) is 24.5 Å². The van der Waals surface area contributed by atoms with E-state index >= 15 is 0 Å². The minimum Gasteiger partial charge on any atom is -0.493 e. The van der Waals surface area contributed by atoms with Gasteiger partial charge < -0.3 is 19.3 Å². The third-order valence-electron chi connectivity index (χ3n) is 3.52. The third-order valence-corrected chi connectivity index (χ3v) is 3.52. The van der Waals surface area contributed by atoms with Gasteiger partial charge in [0.2, 0.25) is 0 Å². The van der Waals surface area contributed by atoms with E-state index in [-0.39, 0.29) is 0 Å². The average molecular weight is 281 g/mol. The van der Waals surface area contributed by atoms with Crippen LogP contribution in [0.4, 0.5) is 4.79 Å². The molecule has 2 atom stereocenters. The topological polar surface area (TPSA) is 68.2 Å². The molecule has 1 fully saturated rings. The molecule has 1 saturated heterocycles. The molecular weight excluding hydrogens is 262 g/mol. The number of likely N-dealkylation sites (tertiary alicyclic amines) is 1. The van der Waals surface area contributed by atoms with Crippen LogP contribution in [0.2, 0.25) is 0 Å². The predicted molar refractivity (Wildman–Crippen MR) is 72.0 cm³/mol. The Bertz CT molecular complexity index is 490. The Morgan fingerprint density at radius 2 is 1.95 bits per heavy atom. The zero-order chi connectivity index (χ0) is 14.7. The van der Waals surface area contributed by atoms with E-state index in [1.807, 2.05) is 6.07 Å². The maximum atomic E-state index is 11.8. The fraction of sp³-hybridized carbons (Fsp3) is 0.500. The summed E-state index contributed by atoms with van der Waals surface area (Å²) < 4.78 is 15.2. The SMILES string of the molecule is COC(=O)N1CC[C@H](O)[C@@H]1c1ccc(OC)c(OC)c1. The number of benzene rings is 1. The Hall–Kier alpha value is -1.95. The van der Waals surface area contributed by atoms with Gasteiger partial charge in [-0.1, -0.05) is 6.07 Å². The Morgan fingerprint density at radius 1 is 1.25 bits per heavy atom. The minimum atomic E-state index is -0.618. The number of rotatable bonds is 3. The van der Waals surface area contributed by atoms with Crippen molar-refractivity contribution in [1.82, 2.24) is 4.90 Å². The van der Waals surface area contributed by atoms with Crippen molar-refractivity contribution in [2.45, 2.75) is 18.6 Å². The lowest BCUT2D eigenvalue weighted by Gasteiger charge is -2.26. The monoisotopic (exact) mass is 281 g/mol. The van der Waals surface area contributed by atoms with Gasteiger partial charge in [0, 0.05) is 6.54 Å². The Morgan fingerprint density at radius 3 is 2.55 bits per heavy atom. The lowest BCUT2D eigenvalue weighted by atomic mass is 10.0. The van der Waals surface area contributed by atoms with E-state index < -0.39 is 18.2 Å². The fourth-order valence-electron chi connectivity index (χ4n) is 2.54. The summed E-state index contributed by atoms with van der Waals surface area (Å²) in [6, 6.07) is 4.92. The average Bonchev–Trinajstić information content (AvgIpc) is 2.87. The molecule has 0 unspecified atom stereocenters. The molecule has 20 heavy (non-hydrogen) atoms. The lowest BCUT2D eigenvalue weighted by molar-refractivity contribution is 0.0887. The predicted octanol–water partition coefficient (Wildman–Crippen LogP) is 1.58. The van der Waals surface area contributed by atoms with E-state index in [1.54, 1.807) is 26.4 Å². The van der Waals surface area contributed by atoms with Crippen molar-refractivity contribution in [1.29, 1.82) is 0 Å². The standard InChI is InChI=1S/C14H19NO5/c1-18-11-5-4-9(8-12(11)19-2)13-10(16)6-7-15(13)14(17)20-3/h4-5,8,10,13,16H,6-7H2,1-3H3/t10-,13-/m0/s1. The van der Waals surface area contributed by atoms with E-state index in [4.69, 9.17) is 14.2 Å². The maximum absolute atomic E-state index is 11.8. The van der Waals surface area contributed by atoms with Gasteiger partial charge in [-0.25, -0.2) is 4.79 Å². The molecule has 1 aliphatic rings. The van der Waals surface area contributed by atoms with Crippen LogP contribution in [-0.4, -0.2) is 50.1 Å². The number of amides is 1. The summed E-state index contributed by atoms with van der Waals surface area (Å²) in [5, 5.41) is 10.1. The van der Waals surface area contributed by atoms with Gasteiger partial charge in [0.15, 0.2) is 11.5 Å². The van der Waals surface area contributed by atoms with Crippen LogP contribution in [0.25, 0.3) is 0 Å². The number of ether oxygens (including phenoxy) is 3. The molecule has 6 heteroatoms. The molecule has 1 aromatic rings. The van der Waals surface area contributed by atoms with Crippen LogP contribution >= 0.6 is 0 Å². The van der Waals surface area contributed by atoms with Crippen LogP contribution in [0, 0.1) is 0 Å². The van der Waals surface area contributed by atoms with Gasteiger partial charge in [-0.05, 0) is 24.1 Å². The van der Waals surface area contributed by atoms with E-state index in [2.05, 4.69) is 0 Å². The first-order valence-electron chi connectivity index (χ1n) is 6.37. The van der Waals surface area contributed by atoms with Crippen molar-refractivity contribution in [3.63, 3.8) is 0 Å². The first-order chi connectivity index (χ1) is 9.62. The second-order valence-corrected chi connectivity index (χ2v) is 4.58. The van der Waals surface area contributed by atoms with Gasteiger partial charge in [0.05, 0.1) is 33.5 Å². The quantitative estimate of drug-likeness (QED) is 0.911. The lowest BCUT2D eigenvalue weighted by Crippen LogP contribution is -2.33. The molecular formula is C14H19NO5. The number of aliphatic hydroxyl groups is 1. The van der Waals surface area contributed by atoms with Crippen molar-refractivity contribution in [2.75, 3.05) is 27.9 Å². The summed E-state index contributed by atoms with van der Waals surface area (Å²) >= 11 is 0. The highest BCUT2D eigenvalue weighted by molar-refractivity contribution is 5.69. The highest BCUT2D eigenvalue weighted by Crippen LogP contribution is 2.37. The number of hydrogen-bond donors (Lipinski definition) is 1. The summed E-state index contributed by atoms with van der Waals surface area (Å²) in [7, 11) is 4.44. The molecule has 0 spiro atoms. The molecule has 1 N–H and O–H groups in total. The van der Waals surface area contributed by atoms with E-state index in [1.165, 1.54) is 12.0 Å². The van der Waals surface area contributed by atoms with Gasteiger partial charge in [0.25, 0.3) is 0 Å². The molecule has 1 aromatic carbocycles. The zero-order valence-electron chi connectivity index (χ0n) is 11.8. The van der Waals surface area contributed by atoms with Gasteiger partial charge >= 0.3 is 6.09 Å². The second-order valence-electron chi connectivity index (χ2n) is 4.58. The van der Waals surface area contributed by atoms with Gasteiger partial charge in [-0.3, -0.25) is 4.90 Å². The number of methoxy groups -OCH3 is 3. The van der Waals surface area contributed by atoms with E-state index in [0.717, 1.165) is 5.56 Å². The third kappa shape index (κ3) is 2.51. The molecule has 6 nitrogen and oxygen atoms in total. The molecule has 0 aliphatic carbocycles. The molecule has 1 heterocycles. The van der Waals surface area contributed by atoms with Crippen molar-refractivity contribution in [3.05, 3.63) is 23.8 Å². The summed E-state index contributed by atoms with van der Waals surface area (Å²) in [6.07, 6.45) is -0.540. The Kier molecular flexibility index (Phi) is 4.34. The molecule has 0 radical (unpaired) electrons. The van der Waals surface area contributed by atoms with Crippen LogP contribution in [0.15, 0.2) is 18.2 Å². The molecule has 2 rings (SSSR count). The van der Waals surface area contributed by atoms with Crippen molar-refractivity contribution in [3.8, 4) is 11.5 Å². The summed E-state index contributed by atoms with van der Waals surface area (Å²) in [4.78, 5) is 13.3. The van der Waals surface area contributed by atoms with Crippen LogP contribution in [0.5, 0.6) is 11.5 Å². The number of carbonyl (C=O) groups excluding carboxylic acids is 1. The molecule has 0 aromatic heterocycles. The highest BCUT2D eigenvalue weighted by Gasteiger charge is 2.38. The van der Waals surface area contributed by atoms with Crippen molar-refractivity contribution < 1.29 is 24.1 Å². The largest absolute Gasteiger partial charge is 0.493 e. The summed E-state index contributed by atoms with van der Waals surface area (Å²) in [5.74, 6) is 1.17. The highest BCUT2D eigenvalue weighted by atomic mass is 16.5. The van der Waals surface area contributed by atoms with Gasteiger partial charge in [-0.15, -0.1) is 0 Å². The Balaban J connectivity index is 2.35. The van der Waals surface area contributed by atoms with Crippen LogP contribution in [0.3, 0.4) is 0 Å². The number of nitrogens with zero attached hydrogens (tertiary/aromatic N) is 1. The summed E-state index contributed by atoms with van der Waals surface area (Å²) in [6.45, 7) is 0.465. The molecule has 0 saturated carbocycles. The van der Waals surface area contributed by atoms with Crippen LogP contribution in [0.1, 0.15) is 18.0 Å². The first-order valence-corrected chi connectivity index (χ1v) is 6.37. The first kappa shape index (κ1) is 14.5. The molecule has 1 aliphatic heterocycles. The van der Waals surface area contributed by atoms with Gasteiger partial charge in [-0.2, -0.15) is 0 Å². The van der Waals surface area contributed by atoms with E-state index in [9.17, 15) is 9.90 Å². The van der Waals surface area contributed by atoms with Crippen molar-refractivity contribution >= 4 is 6.09 Å². The number of aliphatic hydroxyl groups excluding tert-OH is 1. The minimum absolute atomic E-state index is 0.428. The number of hydrogen-bond acceptors (Lipinski definition) is 5. The molecule has 1 amide bonds. The smallest absolute Gasteiger partial charge is 0.410 e. The van der Waals surface area contributed by atoms with Crippen LogP contribution < -0.4 is 9.47 Å².